The lowest BCUT2D eigenvalue weighted by atomic mass is 9.90. The third-order valence-corrected chi connectivity index (χ3v) is 3.85. The Bertz CT molecular complexity index is 576. The Labute approximate surface area is 138 Å². The van der Waals surface area contributed by atoms with Crippen molar-refractivity contribution in [3.05, 3.63) is 29.8 Å². The molecule has 0 aliphatic heterocycles. The molecule has 0 aromatic heterocycles. The van der Waals surface area contributed by atoms with Crippen LogP contribution in [0.1, 0.15) is 50.9 Å². The summed E-state index contributed by atoms with van der Waals surface area (Å²) in [4.78, 5) is 37.8. The van der Waals surface area contributed by atoms with Crippen LogP contribution >= 0.6 is 0 Å². The molecule has 0 aliphatic carbocycles. The number of rotatable bonds is 7. The van der Waals surface area contributed by atoms with Crippen LogP contribution in [0, 0.1) is 5.41 Å². The van der Waals surface area contributed by atoms with Crippen molar-refractivity contribution in [2.75, 3.05) is 18.9 Å². The first-order valence-electron chi connectivity index (χ1n) is 7.88. The van der Waals surface area contributed by atoms with E-state index in [2.05, 4.69) is 12.2 Å². The molecule has 2 amide bonds. The van der Waals surface area contributed by atoms with Gasteiger partial charge in [0.05, 0.1) is 0 Å². The van der Waals surface area contributed by atoms with Crippen molar-refractivity contribution >= 4 is 23.3 Å². The van der Waals surface area contributed by atoms with E-state index in [4.69, 9.17) is 0 Å². The lowest BCUT2D eigenvalue weighted by Crippen LogP contribution is -2.46. The number of anilines is 1. The van der Waals surface area contributed by atoms with E-state index in [0.29, 0.717) is 17.8 Å². The van der Waals surface area contributed by atoms with E-state index < -0.39 is 5.41 Å². The number of benzene rings is 1. The zero-order valence-electron chi connectivity index (χ0n) is 14.6. The molecule has 1 rings (SSSR count). The van der Waals surface area contributed by atoms with Gasteiger partial charge in [0.25, 0.3) is 0 Å². The number of amides is 2. The fraction of sp³-hybridized carbons (Fsp3) is 0.500. The van der Waals surface area contributed by atoms with Gasteiger partial charge in [-0.05, 0) is 51.5 Å². The molecule has 126 valence electrons. The second-order valence-corrected chi connectivity index (χ2v) is 6.29. The molecule has 1 aromatic carbocycles. The molecule has 0 saturated carbocycles. The van der Waals surface area contributed by atoms with Crippen molar-refractivity contribution in [1.82, 2.24) is 4.90 Å². The molecule has 5 heteroatoms. The van der Waals surface area contributed by atoms with Crippen LogP contribution in [0.15, 0.2) is 24.3 Å². The van der Waals surface area contributed by atoms with E-state index in [0.717, 1.165) is 12.8 Å². The van der Waals surface area contributed by atoms with E-state index in [9.17, 15) is 14.4 Å². The minimum atomic E-state index is -1.15. The van der Waals surface area contributed by atoms with Crippen molar-refractivity contribution in [1.29, 1.82) is 0 Å². The van der Waals surface area contributed by atoms with Gasteiger partial charge in [-0.3, -0.25) is 14.4 Å². The number of hydrogen-bond donors (Lipinski definition) is 1. The highest BCUT2D eigenvalue weighted by atomic mass is 16.2. The standard InChI is InChI=1S/C18H26N2O3/c1-6-7-12-20(5)17(23)18(3,4)16(22)19-15-10-8-14(9-11-15)13(2)21/h8-11H,6-7,12H2,1-5H3,(H,19,22). The van der Waals surface area contributed by atoms with Gasteiger partial charge in [-0.25, -0.2) is 0 Å². The lowest BCUT2D eigenvalue weighted by Gasteiger charge is -2.28. The van der Waals surface area contributed by atoms with Crippen molar-refractivity contribution in [3.8, 4) is 0 Å². The van der Waals surface area contributed by atoms with Gasteiger partial charge >= 0.3 is 0 Å². The van der Waals surface area contributed by atoms with Gasteiger partial charge in [0, 0.05) is 24.8 Å². The molecule has 0 radical (unpaired) electrons. The number of carbonyl (C=O) groups excluding carboxylic acids is 3. The monoisotopic (exact) mass is 318 g/mol. The zero-order valence-corrected chi connectivity index (χ0v) is 14.6. The van der Waals surface area contributed by atoms with Crippen molar-refractivity contribution in [2.24, 2.45) is 5.41 Å². The summed E-state index contributed by atoms with van der Waals surface area (Å²) >= 11 is 0. The molecule has 5 nitrogen and oxygen atoms in total. The highest BCUT2D eigenvalue weighted by Crippen LogP contribution is 2.22. The van der Waals surface area contributed by atoms with E-state index in [1.807, 2.05) is 0 Å². The third-order valence-electron chi connectivity index (χ3n) is 3.85. The van der Waals surface area contributed by atoms with E-state index >= 15 is 0 Å². The Kier molecular flexibility index (Phi) is 6.49. The summed E-state index contributed by atoms with van der Waals surface area (Å²) in [5.41, 5.74) is -0.00316. The molecular weight excluding hydrogens is 292 g/mol. The van der Waals surface area contributed by atoms with Gasteiger partial charge < -0.3 is 10.2 Å². The van der Waals surface area contributed by atoms with Gasteiger partial charge in [-0.1, -0.05) is 13.3 Å². The lowest BCUT2D eigenvalue weighted by molar-refractivity contribution is -0.145. The van der Waals surface area contributed by atoms with Crippen LogP contribution in [0.2, 0.25) is 0 Å². The smallest absolute Gasteiger partial charge is 0.239 e. The SMILES string of the molecule is CCCCN(C)C(=O)C(C)(C)C(=O)Nc1ccc(C(C)=O)cc1. The predicted octanol–water partition coefficient (Wildman–Crippen LogP) is 3.11. The van der Waals surface area contributed by atoms with E-state index in [1.165, 1.54) is 6.92 Å². The minimum Gasteiger partial charge on any atom is -0.345 e. The van der Waals surface area contributed by atoms with Crippen LogP contribution in [0.5, 0.6) is 0 Å². The molecule has 0 unspecified atom stereocenters. The van der Waals surface area contributed by atoms with Crippen molar-refractivity contribution < 1.29 is 14.4 Å². The molecule has 0 spiro atoms. The largest absolute Gasteiger partial charge is 0.345 e. The van der Waals surface area contributed by atoms with Gasteiger partial charge in [-0.15, -0.1) is 0 Å². The highest BCUT2D eigenvalue weighted by molar-refractivity contribution is 6.09. The molecule has 0 bridgehead atoms. The summed E-state index contributed by atoms with van der Waals surface area (Å²) in [6.07, 6.45) is 1.90. The molecular formula is C18H26N2O3. The average molecular weight is 318 g/mol. The second kappa shape index (κ2) is 7.90. The summed E-state index contributed by atoms with van der Waals surface area (Å²) < 4.78 is 0. The summed E-state index contributed by atoms with van der Waals surface area (Å²) in [5, 5.41) is 2.74. The molecule has 0 aliphatic rings. The van der Waals surface area contributed by atoms with Gasteiger partial charge in [0.2, 0.25) is 11.8 Å². The fourth-order valence-corrected chi connectivity index (χ4v) is 2.15. The number of nitrogens with zero attached hydrogens (tertiary/aromatic N) is 1. The normalized spacial score (nSPS) is 11.0. The highest BCUT2D eigenvalue weighted by Gasteiger charge is 2.38. The first kappa shape index (κ1) is 18.9. The second-order valence-electron chi connectivity index (χ2n) is 6.29. The van der Waals surface area contributed by atoms with Crippen LogP contribution < -0.4 is 5.32 Å². The minimum absolute atomic E-state index is 0.0315. The average Bonchev–Trinajstić information content (AvgIpc) is 2.52. The topological polar surface area (TPSA) is 66.5 Å². The summed E-state index contributed by atoms with van der Waals surface area (Å²) in [6.45, 7) is 7.43. The van der Waals surface area contributed by atoms with Crippen LogP contribution in [-0.4, -0.2) is 36.1 Å². The Morgan fingerprint density at radius 1 is 1.13 bits per heavy atom. The van der Waals surface area contributed by atoms with Crippen molar-refractivity contribution in [3.63, 3.8) is 0 Å². The summed E-state index contributed by atoms with van der Waals surface area (Å²) in [6, 6.07) is 6.63. The number of hydrogen-bond acceptors (Lipinski definition) is 3. The fourth-order valence-electron chi connectivity index (χ4n) is 2.15. The summed E-state index contributed by atoms with van der Waals surface area (Å²) in [7, 11) is 1.72. The maximum atomic E-state index is 12.5. The van der Waals surface area contributed by atoms with Crippen LogP contribution in [0.4, 0.5) is 5.69 Å². The van der Waals surface area contributed by atoms with Crippen LogP contribution in [0.25, 0.3) is 0 Å². The van der Waals surface area contributed by atoms with Crippen LogP contribution in [0.3, 0.4) is 0 Å². The zero-order chi connectivity index (χ0) is 17.6. The Hall–Kier alpha value is -2.17. The van der Waals surface area contributed by atoms with Gasteiger partial charge in [0.1, 0.15) is 5.41 Å². The van der Waals surface area contributed by atoms with Gasteiger partial charge in [-0.2, -0.15) is 0 Å². The Morgan fingerprint density at radius 3 is 2.17 bits per heavy atom. The third kappa shape index (κ3) is 4.91. The molecule has 0 fully saturated rings. The molecule has 0 atom stereocenters. The molecule has 0 saturated heterocycles. The van der Waals surface area contributed by atoms with E-state index in [-0.39, 0.29) is 17.6 Å². The Balaban J connectivity index is 2.78. The first-order chi connectivity index (χ1) is 10.7. The molecule has 23 heavy (non-hydrogen) atoms. The number of ketones is 1. The number of carbonyl (C=O) groups is 3. The molecule has 1 N–H and O–H groups in total. The number of nitrogens with one attached hydrogen (secondary N) is 1. The number of Topliss-reactive ketones (excluding diaryl/α,β-unsaturated/α-hetero) is 1. The summed E-state index contributed by atoms with van der Waals surface area (Å²) in [5.74, 6) is -0.596. The van der Waals surface area contributed by atoms with Gasteiger partial charge in [0.15, 0.2) is 5.78 Å². The first-order valence-corrected chi connectivity index (χ1v) is 7.88. The van der Waals surface area contributed by atoms with Crippen molar-refractivity contribution in [2.45, 2.75) is 40.5 Å². The maximum absolute atomic E-state index is 12.5. The predicted molar refractivity (Wildman–Crippen MR) is 91.4 cm³/mol. The van der Waals surface area contributed by atoms with E-state index in [1.54, 1.807) is 50.1 Å². The van der Waals surface area contributed by atoms with Crippen LogP contribution in [-0.2, 0) is 9.59 Å². The molecule has 1 aromatic rings. The maximum Gasteiger partial charge on any atom is 0.239 e. The molecule has 0 heterocycles. The Morgan fingerprint density at radius 2 is 1.70 bits per heavy atom. The number of unbranched alkanes of at least 4 members (excludes halogenated alkanes) is 1. The quantitative estimate of drug-likeness (QED) is 0.620.